The number of anilines is 2. The van der Waals surface area contributed by atoms with Crippen LogP contribution >= 0.6 is 34.8 Å². The number of ether oxygens (including phenoxy) is 1. The summed E-state index contributed by atoms with van der Waals surface area (Å²) in [7, 11) is 0. The number of amides is 2. The summed E-state index contributed by atoms with van der Waals surface area (Å²) in [6.45, 7) is 2.34. The van der Waals surface area contributed by atoms with Crippen LogP contribution in [0.2, 0.25) is 0 Å². The van der Waals surface area contributed by atoms with Gasteiger partial charge in [-0.25, -0.2) is 0 Å². The van der Waals surface area contributed by atoms with Crippen molar-refractivity contribution >= 4 is 58.0 Å². The number of aryl methyl sites for hydroxylation is 1. The third-order valence-electron chi connectivity index (χ3n) is 3.88. The maximum Gasteiger partial charge on any atom is 0.276 e. The summed E-state index contributed by atoms with van der Waals surface area (Å²) in [5.74, 6) is -0.415. The Morgan fingerprint density at radius 1 is 1.19 bits per heavy atom. The molecule has 1 heterocycles. The highest BCUT2D eigenvalue weighted by molar-refractivity contribution is 6.76. The number of carbonyl (C=O) groups is 2. The zero-order valence-corrected chi connectivity index (χ0v) is 16.0. The van der Waals surface area contributed by atoms with E-state index in [9.17, 15) is 9.59 Å². The van der Waals surface area contributed by atoms with Crippen LogP contribution in [0.3, 0.4) is 0 Å². The van der Waals surface area contributed by atoms with Crippen LogP contribution in [-0.4, -0.2) is 22.2 Å². The van der Waals surface area contributed by atoms with Crippen LogP contribution in [0.4, 0.5) is 11.4 Å². The van der Waals surface area contributed by atoms with Gasteiger partial charge < -0.3 is 15.0 Å². The van der Waals surface area contributed by atoms with Gasteiger partial charge in [0.15, 0.2) is 6.61 Å². The van der Waals surface area contributed by atoms with Crippen LogP contribution < -0.4 is 15.0 Å². The van der Waals surface area contributed by atoms with Crippen molar-refractivity contribution in [1.29, 1.82) is 0 Å². The minimum Gasteiger partial charge on any atom is -0.482 e. The summed E-state index contributed by atoms with van der Waals surface area (Å²) in [6, 6.07) is 12.8. The van der Waals surface area contributed by atoms with Crippen LogP contribution in [0.5, 0.6) is 5.75 Å². The fourth-order valence-corrected chi connectivity index (χ4v) is 2.67. The number of rotatable bonds is 3. The molecule has 0 saturated heterocycles. The second-order valence-electron chi connectivity index (χ2n) is 5.89. The highest BCUT2D eigenvalue weighted by atomic mass is 35.6. The number of nitrogens with one attached hydrogen (secondary N) is 1. The molecule has 1 N–H and O–H groups in total. The Balaban J connectivity index is 1.89. The van der Waals surface area contributed by atoms with Gasteiger partial charge in [-0.1, -0.05) is 64.6 Å². The molecule has 136 valence electrons. The number of fused-ring (bicyclic) bond motifs is 1. The lowest BCUT2D eigenvalue weighted by molar-refractivity contribution is -0.121. The van der Waals surface area contributed by atoms with Gasteiger partial charge in [0.25, 0.3) is 15.6 Å². The normalized spacial score (nSPS) is 13.8. The summed E-state index contributed by atoms with van der Waals surface area (Å²) in [4.78, 5) is 25.8. The van der Waals surface area contributed by atoms with Crippen LogP contribution in [0.15, 0.2) is 42.5 Å². The molecule has 0 unspecified atom stereocenters. The number of alkyl halides is 3. The minimum atomic E-state index is -2.08. The van der Waals surface area contributed by atoms with E-state index >= 15 is 0 Å². The lowest BCUT2D eigenvalue weighted by atomic mass is 10.1. The molecule has 26 heavy (non-hydrogen) atoms. The molecule has 0 atom stereocenters. The van der Waals surface area contributed by atoms with E-state index in [1.807, 2.05) is 31.2 Å². The van der Waals surface area contributed by atoms with Crippen molar-refractivity contribution < 1.29 is 14.3 Å². The number of hydrogen-bond donors (Lipinski definition) is 1. The SMILES string of the molecule is Cc1ccc(CN2C(=O)COc3ccc(NC(=O)C(Cl)(Cl)Cl)cc32)cc1. The van der Waals surface area contributed by atoms with Gasteiger partial charge in [0.2, 0.25) is 0 Å². The molecular weight excluding hydrogens is 399 g/mol. The number of hydrogen-bond acceptors (Lipinski definition) is 3. The smallest absolute Gasteiger partial charge is 0.276 e. The summed E-state index contributed by atoms with van der Waals surface area (Å²) in [5, 5.41) is 2.51. The Hall–Kier alpha value is -1.95. The predicted octanol–water partition coefficient (Wildman–Crippen LogP) is 4.23. The van der Waals surface area contributed by atoms with Crippen molar-refractivity contribution in [3.05, 3.63) is 53.6 Å². The van der Waals surface area contributed by atoms with E-state index in [4.69, 9.17) is 39.5 Å². The molecule has 2 amide bonds. The van der Waals surface area contributed by atoms with E-state index in [0.717, 1.165) is 11.1 Å². The van der Waals surface area contributed by atoms with Gasteiger partial charge in [-0.15, -0.1) is 0 Å². The van der Waals surface area contributed by atoms with E-state index in [2.05, 4.69) is 5.32 Å². The van der Waals surface area contributed by atoms with Gasteiger partial charge in [0.05, 0.1) is 12.2 Å². The Morgan fingerprint density at radius 2 is 1.88 bits per heavy atom. The molecule has 0 aliphatic carbocycles. The molecule has 5 nitrogen and oxygen atoms in total. The number of nitrogens with zero attached hydrogens (tertiary/aromatic N) is 1. The highest BCUT2D eigenvalue weighted by Gasteiger charge is 2.31. The zero-order valence-electron chi connectivity index (χ0n) is 13.8. The zero-order chi connectivity index (χ0) is 18.9. The van der Waals surface area contributed by atoms with Crippen LogP contribution in [0.1, 0.15) is 11.1 Å². The first-order valence-corrected chi connectivity index (χ1v) is 8.88. The van der Waals surface area contributed by atoms with Crippen molar-refractivity contribution in [2.24, 2.45) is 0 Å². The first-order chi connectivity index (χ1) is 12.2. The molecule has 0 saturated carbocycles. The third kappa shape index (κ3) is 4.23. The molecule has 0 spiro atoms. The Labute approximate surface area is 165 Å². The van der Waals surface area contributed by atoms with Crippen LogP contribution in [0, 0.1) is 6.92 Å². The Bertz CT molecular complexity index is 848. The molecule has 0 fully saturated rings. The predicted molar refractivity (Wildman–Crippen MR) is 103 cm³/mol. The molecule has 0 aromatic heterocycles. The van der Waals surface area contributed by atoms with Gasteiger partial charge in [0.1, 0.15) is 5.75 Å². The molecule has 0 bridgehead atoms. The summed E-state index contributed by atoms with van der Waals surface area (Å²) in [6.07, 6.45) is 0. The maximum atomic E-state index is 12.4. The molecule has 2 aromatic rings. The van der Waals surface area contributed by atoms with Crippen molar-refractivity contribution in [3.8, 4) is 5.75 Å². The second-order valence-corrected chi connectivity index (χ2v) is 8.17. The monoisotopic (exact) mass is 412 g/mol. The largest absolute Gasteiger partial charge is 0.482 e. The minimum absolute atomic E-state index is 0.0429. The fourth-order valence-electron chi connectivity index (χ4n) is 2.53. The van der Waals surface area contributed by atoms with E-state index in [1.165, 1.54) is 0 Å². The third-order valence-corrected chi connectivity index (χ3v) is 4.39. The maximum absolute atomic E-state index is 12.4. The first kappa shape index (κ1) is 18.8. The molecule has 1 aliphatic heterocycles. The van der Waals surface area contributed by atoms with E-state index in [1.54, 1.807) is 23.1 Å². The van der Waals surface area contributed by atoms with Gasteiger partial charge >= 0.3 is 0 Å². The second kappa shape index (κ2) is 7.35. The van der Waals surface area contributed by atoms with Crippen molar-refractivity contribution in [2.75, 3.05) is 16.8 Å². The van der Waals surface area contributed by atoms with Gasteiger partial charge in [-0.05, 0) is 30.7 Å². The van der Waals surface area contributed by atoms with Crippen molar-refractivity contribution in [3.63, 3.8) is 0 Å². The van der Waals surface area contributed by atoms with Gasteiger partial charge in [-0.3, -0.25) is 9.59 Å². The quantitative estimate of drug-likeness (QED) is 0.766. The number of benzene rings is 2. The number of carbonyl (C=O) groups excluding carboxylic acids is 2. The van der Waals surface area contributed by atoms with Crippen LogP contribution in [0.25, 0.3) is 0 Å². The molecule has 1 aliphatic rings. The Kier molecular flexibility index (Phi) is 5.32. The van der Waals surface area contributed by atoms with E-state index in [0.29, 0.717) is 23.7 Å². The van der Waals surface area contributed by atoms with Gasteiger partial charge in [0, 0.05) is 5.69 Å². The lowest BCUT2D eigenvalue weighted by Crippen LogP contribution is -2.38. The van der Waals surface area contributed by atoms with Crippen LogP contribution in [-0.2, 0) is 16.1 Å². The fraction of sp³-hybridized carbons (Fsp3) is 0.222. The number of halogens is 3. The average Bonchev–Trinajstić information content (AvgIpc) is 2.58. The summed E-state index contributed by atoms with van der Waals surface area (Å²) < 4.78 is 3.39. The lowest BCUT2D eigenvalue weighted by Gasteiger charge is -2.30. The molecule has 8 heteroatoms. The van der Waals surface area contributed by atoms with E-state index in [-0.39, 0.29) is 12.5 Å². The highest BCUT2D eigenvalue weighted by Crippen LogP contribution is 2.36. The molecular formula is C18H15Cl3N2O3. The standard InChI is InChI=1S/C18H15Cl3N2O3/c1-11-2-4-12(5-3-11)9-23-14-8-13(22-17(25)18(19,20)21)6-7-15(14)26-10-16(23)24/h2-8H,9-10H2,1H3,(H,22,25). The molecule has 0 radical (unpaired) electrons. The van der Waals surface area contributed by atoms with Crippen molar-refractivity contribution in [2.45, 2.75) is 17.3 Å². The first-order valence-electron chi connectivity index (χ1n) is 7.75. The van der Waals surface area contributed by atoms with E-state index < -0.39 is 9.70 Å². The summed E-state index contributed by atoms with van der Waals surface area (Å²) in [5.41, 5.74) is 3.06. The Morgan fingerprint density at radius 3 is 2.54 bits per heavy atom. The van der Waals surface area contributed by atoms with Gasteiger partial charge in [-0.2, -0.15) is 0 Å². The van der Waals surface area contributed by atoms with Crippen molar-refractivity contribution in [1.82, 2.24) is 0 Å². The molecule has 2 aromatic carbocycles. The average molecular weight is 414 g/mol. The topological polar surface area (TPSA) is 58.6 Å². The summed E-state index contributed by atoms with van der Waals surface area (Å²) >= 11 is 16.7. The molecule has 3 rings (SSSR count).